The number of hydrogen-bond donors (Lipinski definition) is 3. The summed E-state index contributed by atoms with van der Waals surface area (Å²) in [5.41, 5.74) is 2.83. The minimum Gasteiger partial charge on any atom is -0.507 e. The van der Waals surface area contributed by atoms with Crippen LogP contribution in [0.25, 0.3) is 0 Å². The third-order valence-corrected chi connectivity index (χ3v) is 3.60. The third-order valence-electron chi connectivity index (χ3n) is 2.49. The molecule has 3 nitrogen and oxygen atoms in total. The molecule has 1 unspecified atom stereocenters. The van der Waals surface area contributed by atoms with Crippen LogP contribution in [0.2, 0.25) is 0 Å². The Kier molecular flexibility index (Phi) is 5.12. The highest BCUT2D eigenvalue weighted by molar-refractivity contribution is 7.98. The molecule has 1 aromatic rings. The van der Waals surface area contributed by atoms with Crippen LogP contribution < -0.4 is 0 Å². The van der Waals surface area contributed by atoms with Gasteiger partial charge in [-0.25, -0.2) is 0 Å². The predicted octanol–water partition coefficient (Wildman–Crippen LogP) is 1.60. The van der Waals surface area contributed by atoms with Crippen molar-refractivity contribution in [2.24, 2.45) is 0 Å². The number of aromatic hydroxyl groups is 1. The number of phenols is 1. The van der Waals surface area contributed by atoms with Gasteiger partial charge in [-0.05, 0) is 25.0 Å². The van der Waals surface area contributed by atoms with Crippen LogP contribution in [-0.4, -0.2) is 33.8 Å². The molecule has 0 aromatic heterocycles. The Morgan fingerprint density at radius 2 is 1.88 bits per heavy atom. The van der Waals surface area contributed by atoms with Gasteiger partial charge in [0.05, 0.1) is 12.7 Å². The molecule has 0 bridgehead atoms. The average molecular weight is 242 g/mol. The summed E-state index contributed by atoms with van der Waals surface area (Å²) in [6, 6.07) is 3.87. The monoisotopic (exact) mass is 242 g/mol. The zero-order valence-electron chi connectivity index (χ0n) is 9.60. The van der Waals surface area contributed by atoms with Crippen LogP contribution in [0.5, 0.6) is 5.75 Å². The van der Waals surface area contributed by atoms with Gasteiger partial charge in [0.25, 0.3) is 0 Å². The molecule has 0 radical (unpaired) electrons. The molecule has 16 heavy (non-hydrogen) atoms. The van der Waals surface area contributed by atoms with Crippen LogP contribution in [0, 0.1) is 13.8 Å². The van der Waals surface area contributed by atoms with Gasteiger partial charge in [0, 0.05) is 17.1 Å². The van der Waals surface area contributed by atoms with E-state index in [9.17, 15) is 10.2 Å². The van der Waals surface area contributed by atoms with Crippen LogP contribution in [0.15, 0.2) is 12.1 Å². The van der Waals surface area contributed by atoms with Crippen molar-refractivity contribution in [2.45, 2.75) is 25.7 Å². The SMILES string of the molecule is Cc1ccc(C)c(CSCC(O)CO)c1O. The molecule has 90 valence electrons. The Morgan fingerprint density at radius 1 is 1.25 bits per heavy atom. The van der Waals surface area contributed by atoms with Crippen molar-refractivity contribution in [3.8, 4) is 5.75 Å². The molecule has 0 fully saturated rings. The molecule has 1 aromatic carbocycles. The van der Waals surface area contributed by atoms with Crippen molar-refractivity contribution in [1.29, 1.82) is 0 Å². The maximum atomic E-state index is 9.88. The van der Waals surface area contributed by atoms with Crippen LogP contribution in [-0.2, 0) is 5.75 Å². The van der Waals surface area contributed by atoms with Gasteiger partial charge >= 0.3 is 0 Å². The van der Waals surface area contributed by atoms with E-state index in [1.165, 1.54) is 11.8 Å². The lowest BCUT2D eigenvalue weighted by Crippen LogP contribution is -2.14. The Morgan fingerprint density at radius 3 is 2.50 bits per heavy atom. The second-order valence-corrected chi connectivity index (χ2v) is 4.91. The number of rotatable bonds is 5. The lowest BCUT2D eigenvalue weighted by Gasteiger charge is -2.11. The van der Waals surface area contributed by atoms with E-state index in [4.69, 9.17) is 5.11 Å². The van der Waals surface area contributed by atoms with E-state index in [1.807, 2.05) is 26.0 Å². The van der Waals surface area contributed by atoms with E-state index in [1.54, 1.807) is 0 Å². The smallest absolute Gasteiger partial charge is 0.122 e. The minimum absolute atomic E-state index is 0.216. The fourth-order valence-electron chi connectivity index (χ4n) is 1.39. The van der Waals surface area contributed by atoms with E-state index in [0.29, 0.717) is 17.3 Å². The van der Waals surface area contributed by atoms with Gasteiger partial charge in [-0.15, -0.1) is 0 Å². The van der Waals surface area contributed by atoms with Crippen molar-refractivity contribution < 1.29 is 15.3 Å². The number of hydrogen-bond acceptors (Lipinski definition) is 4. The first-order chi connectivity index (χ1) is 7.56. The van der Waals surface area contributed by atoms with Gasteiger partial charge < -0.3 is 15.3 Å². The molecule has 0 aliphatic carbocycles. The second-order valence-electron chi connectivity index (χ2n) is 3.88. The van der Waals surface area contributed by atoms with Gasteiger partial charge in [-0.1, -0.05) is 12.1 Å². The van der Waals surface area contributed by atoms with Crippen LogP contribution in [0.3, 0.4) is 0 Å². The molecule has 3 N–H and O–H groups in total. The van der Waals surface area contributed by atoms with Gasteiger partial charge in [-0.2, -0.15) is 11.8 Å². The van der Waals surface area contributed by atoms with Crippen molar-refractivity contribution in [3.05, 3.63) is 28.8 Å². The Hall–Kier alpha value is -0.710. The van der Waals surface area contributed by atoms with Crippen LogP contribution in [0.4, 0.5) is 0 Å². The number of benzene rings is 1. The van der Waals surface area contributed by atoms with Crippen LogP contribution in [0.1, 0.15) is 16.7 Å². The molecule has 1 rings (SSSR count). The molecule has 0 aliphatic rings. The summed E-state index contributed by atoms with van der Waals surface area (Å²) in [5.74, 6) is 1.46. The zero-order chi connectivity index (χ0) is 12.1. The summed E-state index contributed by atoms with van der Waals surface area (Å²) < 4.78 is 0. The minimum atomic E-state index is -0.683. The summed E-state index contributed by atoms with van der Waals surface area (Å²) >= 11 is 1.51. The number of aliphatic hydroxyl groups is 2. The number of phenolic OH excluding ortho intramolecular Hbond substituents is 1. The van der Waals surface area contributed by atoms with Crippen molar-refractivity contribution in [2.75, 3.05) is 12.4 Å². The first kappa shape index (κ1) is 13.4. The fourth-order valence-corrected chi connectivity index (χ4v) is 2.45. The molecule has 0 heterocycles. The predicted molar refractivity (Wildman–Crippen MR) is 66.8 cm³/mol. The van der Waals surface area contributed by atoms with Crippen molar-refractivity contribution in [1.82, 2.24) is 0 Å². The van der Waals surface area contributed by atoms with Gasteiger partial charge in [0.2, 0.25) is 0 Å². The molecule has 0 saturated heterocycles. The Bertz CT molecular complexity index is 352. The second kappa shape index (κ2) is 6.13. The maximum Gasteiger partial charge on any atom is 0.122 e. The molecule has 0 aliphatic heterocycles. The average Bonchev–Trinajstić information content (AvgIpc) is 2.28. The topological polar surface area (TPSA) is 60.7 Å². The van der Waals surface area contributed by atoms with Crippen molar-refractivity contribution in [3.63, 3.8) is 0 Å². The molecular weight excluding hydrogens is 224 g/mol. The standard InChI is InChI=1S/C12H18O3S/c1-8-3-4-9(2)12(15)11(8)7-16-6-10(14)5-13/h3-4,10,13-15H,5-7H2,1-2H3. The quantitative estimate of drug-likeness (QED) is 0.734. The summed E-state index contributed by atoms with van der Waals surface area (Å²) in [6.45, 7) is 3.61. The summed E-state index contributed by atoms with van der Waals surface area (Å²) in [7, 11) is 0. The largest absolute Gasteiger partial charge is 0.507 e. The number of aryl methyl sites for hydroxylation is 2. The maximum absolute atomic E-state index is 9.88. The van der Waals surface area contributed by atoms with Gasteiger partial charge in [-0.3, -0.25) is 0 Å². The fraction of sp³-hybridized carbons (Fsp3) is 0.500. The Balaban J connectivity index is 2.63. The summed E-state index contributed by atoms with van der Waals surface area (Å²) in [4.78, 5) is 0. The van der Waals surface area contributed by atoms with E-state index in [0.717, 1.165) is 16.7 Å². The van der Waals surface area contributed by atoms with E-state index in [-0.39, 0.29) is 6.61 Å². The first-order valence-corrected chi connectivity index (χ1v) is 6.36. The first-order valence-electron chi connectivity index (χ1n) is 5.21. The number of thioether (sulfide) groups is 1. The molecular formula is C12H18O3S. The summed E-state index contributed by atoms with van der Waals surface area (Å²) in [5, 5.41) is 27.7. The van der Waals surface area contributed by atoms with E-state index in [2.05, 4.69) is 0 Å². The molecule has 0 spiro atoms. The van der Waals surface area contributed by atoms with Gasteiger partial charge in [0.1, 0.15) is 5.75 Å². The molecule has 0 saturated carbocycles. The summed E-state index contributed by atoms with van der Waals surface area (Å²) in [6.07, 6.45) is -0.683. The lowest BCUT2D eigenvalue weighted by molar-refractivity contribution is 0.113. The highest BCUT2D eigenvalue weighted by Crippen LogP contribution is 2.28. The highest BCUT2D eigenvalue weighted by atomic mass is 32.2. The van der Waals surface area contributed by atoms with E-state index < -0.39 is 6.10 Å². The third kappa shape index (κ3) is 3.40. The molecule has 0 amide bonds. The zero-order valence-corrected chi connectivity index (χ0v) is 10.4. The van der Waals surface area contributed by atoms with Crippen LogP contribution >= 0.6 is 11.8 Å². The normalized spacial score (nSPS) is 12.8. The number of aliphatic hydroxyl groups excluding tert-OH is 2. The highest BCUT2D eigenvalue weighted by Gasteiger charge is 2.09. The molecule has 4 heteroatoms. The van der Waals surface area contributed by atoms with E-state index >= 15 is 0 Å². The Labute approximate surface area is 100 Å². The lowest BCUT2D eigenvalue weighted by atomic mass is 10.1. The van der Waals surface area contributed by atoms with Gasteiger partial charge in [0.15, 0.2) is 0 Å². The van der Waals surface area contributed by atoms with Crippen molar-refractivity contribution >= 4 is 11.8 Å². The molecule has 1 atom stereocenters.